The van der Waals surface area contributed by atoms with Crippen molar-refractivity contribution in [1.29, 1.82) is 0 Å². The van der Waals surface area contributed by atoms with Crippen LogP contribution in [0.1, 0.15) is 12.7 Å². The Labute approximate surface area is 81.0 Å². The summed E-state index contributed by atoms with van der Waals surface area (Å²) < 4.78 is 5.04. The summed E-state index contributed by atoms with van der Waals surface area (Å²) in [5, 5.41) is 3.79. The van der Waals surface area contributed by atoms with Gasteiger partial charge in [-0.2, -0.15) is 4.98 Å². The molecular weight excluding hydrogens is 180 g/mol. The van der Waals surface area contributed by atoms with E-state index < -0.39 is 0 Å². The molecule has 0 aliphatic heterocycles. The van der Waals surface area contributed by atoms with Crippen molar-refractivity contribution in [2.45, 2.75) is 13.3 Å². The van der Waals surface area contributed by atoms with E-state index in [1.165, 1.54) is 0 Å². The molecule has 0 atom stereocenters. The van der Waals surface area contributed by atoms with Gasteiger partial charge in [0.15, 0.2) is 5.82 Å². The molecule has 0 aliphatic carbocycles. The summed E-state index contributed by atoms with van der Waals surface area (Å²) in [6, 6.07) is 1.75. The largest absolute Gasteiger partial charge is 0.397 e. The Bertz CT molecular complexity index is 438. The number of nitrogens with zero attached hydrogens (tertiary/aromatic N) is 3. The van der Waals surface area contributed by atoms with Gasteiger partial charge in [-0.1, -0.05) is 12.1 Å². The number of nitrogen functional groups attached to an aromatic ring is 1. The molecular formula is C9H10N4O. The summed E-state index contributed by atoms with van der Waals surface area (Å²) in [5.74, 6) is 1.14. The zero-order chi connectivity index (χ0) is 9.97. The molecule has 0 saturated heterocycles. The molecule has 2 rings (SSSR count). The van der Waals surface area contributed by atoms with Gasteiger partial charge in [0.1, 0.15) is 0 Å². The number of hydrogen-bond acceptors (Lipinski definition) is 5. The van der Waals surface area contributed by atoms with Gasteiger partial charge in [0.2, 0.25) is 0 Å². The van der Waals surface area contributed by atoms with E-state index in [0.717, 1.165) is 12.0 Å². The fraction of sp³-hybridized carbons (Fsp3) is 0.222. The van der Waals surface area contributed by atoms with Crippen LogP contribution in [0.25, 0.3) is 11.5 Å². The normalized spacial score (nSPS) is 10.4. The third-order valence-electron chi connectivity index (χ3n) is 1.79. The minimum atomic E-state index is 0.460. The lowest BCUT2D eigenvalue weighted by atomic mass is 10.2. The molecule has 5 heteroatoms. The molecule has 0 bridgehead atoms. The first-order chi connectivity index (χ1) is 6.79. The van der Waals surface area contributed by atoms with E-state index in [4.69, 9.17) is 10.3 Å². The van der Waals surface area contributed by atoms with Crippen molar-refractivity contribution in [3.63, 3.8) is 0 Å². The molecule has 0 aromatic carbocycles. The number of hydrogen-bond donors (Lipinski definition) is 1. The molecule has 72 valence electrons. The number of aryl methyl sites for hydroxylation is 1. The van der Waals surface area contributed by atoms with Crippen LogP contribution in [0.15, 0.2) is 23.0 Å². The zero-order valence-electron chi connectivity index (χ0n) is 7.77. The van der Waals surface area contributed by atoms with Crippen LogP contribution in [0.2, 0.25) is 0 Å². The lowest BCUT2D eigenvalue weighted by Gasteiger charge is -1.94. The lowest BCUT2D eigenvalue weighted by Crippen LogP contribution is -1.88. The van der Waals surface area contributed by atoms with Gasteiger partial charge in [-0.05, 0) is 6.07 Å². The summed E-state index contributed by atoms with van der Waals surface area (Å²) in [5.41, 5.74) is 6.91. The first-order valence-electron chi connectivity index (χ1n) is 4.33. The average molecular weight is 190 g/mol. The van der Waals surface area contributed by atoms with Crippen LogP contribution >= 0.6 is 0 Å². The molecule has 2 N–H and O–H groups in total. The quantitative estimate of drug-likeness (QED) is 0.771. The minimum absolute atomic E-state index is 0.460. The van der Waals surface area contributed by atoms with Gasteiger partial charge in [0.05, 0.1) is 11.3 Å². The first kappa shape index (κ1) is 8.68. The van der Waals surface area contributed by atoms with Gasteiger partial charge in [0.25, 0.3) is 5.89 Å². The van der Waals surface area contributed by atoms with Crippen molar-refractivity contribution in [2.75, 3.05) is 5.73 Å². The predicted octanol–water partition coefficient (Wildman–Crippen LogP) is 1.28. The van der Waals surface area contributed by atoms with E-state index in [1.54, 1.807) is 18.5 Å². The van der Waals surface area contributed by atoms with Crippen molar-refractivity contribution < 1.29 is 4.52 Å². The van der Waals surface area contributed by atoms with Gasteiger partial charge in [-0.15, -0.1) is 0 Å². The molecule has 14 heavy (non-hydrogen) atoms. The van der Waals surface area contributed by atoms with Gasteiger partial charge < -0.3 is 10.3 Å². The minimum Gasteiger partial charge on any atom is -0.397 e. The van der Waals surface area contributed by atoms with Gasteiger partial charge in [-0.25, -0.2) is 0 Å². The fourth-order valence-electron chi connectivity index (χ4n) is 1.09. The molecule has 0 amide bonds. The topological polar surface area (TPSA) is 77.8 Å². The Hall–Kier alpha value is -1.91. The highest BCUT2D eigenvalue weighted by Gasteiger charge is 2.07. The SMILES string of the molecule is CCc1noc(-c2cncc(N)c2)n1. The second-order valence-corrected chi connectivity index (χ2v) is 2.88. The van der Waals surface area contributed by atoms with Crippen LogP contribution in [-0.4, -0.2) is 15.1 Å². The summed E-state index contributed by atoms with van der Waals surface area (Å²) in [6.07, 6.45) is 3.96. The Morgan fingerprint density at radius 2 is 2.29 bits per heavy atom. The third-order valence-corrected chi connectivity index (χ3v) is 1.79. The van der Waals surface area contributed by atoms with Crippen LogP contribution in [0.3, 0.4) is 0 Å². The van der Waals surface area contributed by atoms with Crippen molar-refractivity contribution >= 4 is 5.69 Å². The van der Waals surface area contributed by atoms with E-state index >= 15 is 0 Å². The highest BCUT2D eigenvalue weighted by molar-refractivity contribution is 5.57. The van der Waals surface area contributed by atoms with Gasteiger partial charge in [-0.3, -0.25) is 4.98 Å². The predicted molar refractivity (Wildman–Crippen MR) is 51.3 cm³/mol. The maximum Gasteiger partial charge on any atom is 0.259 e. The van der Waals surface area contributed by atoms with Crippen molar-refractivity contribution in [1.82, 2.24) is 15.1 Å². The van der Waals surface area contributed by atoms with Crippen LogP contribution in [0.4, 0.5) is 5.69 Å². The first-order valence-corrected chi connectivity index (χ1v) is 4.33. The number of aromatic nitrogens is 3. The Kier molecular flexibility index (Phi) is 2.14. The molecule has 0 fully saturated rings. The van der Waals surface area contributed by atoms with E-state index in [1.807, 2.05) is 6.92 Å². The fourth-order valence-corrected chi connectivity index (χ4v) is 1.09. The van der Waals surface area contributed by atoms with E-state index in [0.29, 0.717) is 17.4 Å². The highest BCUT2D eigenvalue weighted by atomic mass is 16.5. The van der Waals surface area contributed by atoms with E-state index in [2.05, 4.69) is 15.1 Å². The molecule has 0 radical (unpaired) electrons. The summed E-state index contributed by atoms with van der Waals surface area (Å²) in [6.45, 7) is 1.96. The molecule has 2 aromatic heterocycles. The van der Waals surface area contributed by atoms with E-state index in [-0.39, 0.29) is 0 Å². The molecule has 0 spiro atoms. The Morgan fingerprint density at radius 3 is 2.93 bits per heavy atom. The smallest absolute Gasteiger partial charge is 0.259 e. The average Bonchev–Trinajstić information content (AvgIpc) is 2.66. The van der Waals surface area contributed by atoms with Crippen LogP contribution in [-0.2, 0) is 6.42 Å². The van der Waals surface area contributed by atoms with Crippen LogP contribution in [0, 0.1) is 0 Å². The standard InChI is InChI=1S/C9H10N4O/c1-2-8-12-9(14-13-8)6-3-7(10)5-11-4-6/h3-5H,2,10H2,1H3. The molecule has 2 aromatic rings. The maximum absolute atomic E-state index is 5.58. The number of anilines is 1. The summed E-state index contributed by atoms with van der Waals surface area (Å²) in [4.78, 5) is 8.11. The zero-order valence-corrected chi connectivity index (χ0v) is 7.77. The highest BCUT2D eigenvalue weighted by Crippen LogP contribution is 2.17. The number of rotatable bonds is 2. The second kappa shape index (κ2) is 3.45. The monoisotopic (exact) mass is 190 g/mol. The summed E-state index contributed by atoms with van der Waals surface area (Å²) in [7, 11) is 0. The van der Waals surface area contributed by atoms with Gasteiger partial charge >= 0.3 is 0 Å². The Morgan fingerprint density at radius 1 is 1.43 bits per heavy atom. The van der Waals surface area contributed by atoms with E-state index in [9.17, 15) is 0 Å². The van der Waals surface area contributed by atoms with Crippen LogP contribution < -0.4 is 5.73 Å². The molecule has 2 heterocycles. The molecule has 5 nitrogen and oxygen atoms in total. The summed E-state index contributed by atoms with van der Waals surface area (Å²) >= 11 is 0. The van der Waals surface area contributed by atoms with Crippen molar-refractivity contribution in [2.24, 2.45) is 0 Å². The molecule has 0 saturated carbocycles. The molecule has 0 unspecified atom stereocenters. The molecule has 0 aliphatic rings. The Balaban J connectivity index is 2.39. The van der Waals surface area contributed by atoms with Crippen molar-refractivity contribution in [3.05, 3.63) is 24.3 Å². The maximum atomic E-state index is 5.58. The van der Waals surface area contributed by atoms with Crippen molar-refractivity contribution in [3.8, 4) is 11.5 Å². The van der Waals surface area contributed by atoms with Gasteiger partial charge in [0, 0.05) is 18.8 Å². The lowest BCUT2D eigenvalue weighted by molar-refractivity contribution is 0.423. The van der Waals surface area contributed by atoms with Crippen LogP contribution in [0.5, 0.6) is 0 Å². The number of nitrogens with two attached hydrogens (primary N) is 1. The second-order valence-electron chi connectivity index (χ2n) is 2.88. The number of pyridine rings is 1. The third kappa shape index (κ3) is 1.56.